The normalized spacial score (nSPS) is 27.5. The van der Waals surface area contributed by atoms with E-state index in [-0.39, 0.29) is 0 Å². The molecule has 1 aliphatic carbocycles. The van der Waals surface area contributed by atoms with Crippen molar-refractivity contribution in [3.8, 4) is 0 Å². The minimum atomic E-state index is -0.647. The van der Waals surface area contributed by atoms with E-state index in [1.807, 2.05) is 18.2 Å². The number of halogens is 1. The summed E-state index contributed by atoms with van der Waals surface area (Å²) in [5.41, 5.74) is 1.10. The van der Waals surface area contributed by atoms with Crippen molar-refractivity contribution in [3.63, 3.8) is 0 Å². The van der Waals surface area contributed by atoms with Gasteiger partial charge in [-0.2, -0.15) is 0 Å². The maximum Gasteiger partial charge on any atom is 0.279 e. The maximum atomic E-state index is 6.13. The van der Waals surface area contributed by atoms with E-state index < -0.39 is 5.79 Å². The van der Waals surface area contributed by atoms with Gasteiger partial charge in [-0.25, -0.2) is 0 Å². The van der Waals surface area contributed by atoms with Crippen LogP contribution in [0, 0.1) is 5.92 Å². The number of hydrogen-bond donors (Lipinski definition) is 0. The SMILES string of the molecule is ClCC1=COC(c2ccccc2)(C2CCCCC2)O1. The Morgan fingerprint density at radius 2 is 1.84 bits per heavy atom. The van der Waals surface area contributed by atoms with Crippen molar-refractivity contribution in [3.05, 3.63) is 47.9 Å². The van der Waals surface area contributed by atoms with Crippen LogP contribution in [-0.2, 0) is 15.3 Å². The fourth-order valence-electron chi connectivity index (χ4n) is 3.15. The van der Waals surface area contributed by atoms with Crippen LogP contribution in [-0.4, -0.2) is 5.88 Å². The molecule has 1 aromatic rings. The van der Waals surface area contributed by atoms with E-state index in [2.05, 4.69) is 12.1 Å². The molecule has 0 N–H and O–H groups in total. The highest BCUT2D eigenvalue weighted by Gasteiger charge is 2.48. The highest BCUT2D eigenvalue weighted by Crippen LogP contribution is 2.47. The standard InChI is InChI=1S/C16H19ClO2/c17-11-15-12-18-16(19-15,13-7-3-1-4-8-13)14-9-5-2-6-10-14/h1,3-4,7-8,12,14H,2,5-6,9-11H2. The molecule has 1 fully saturated rings. The minimum absolute atomic E-state index is 0.362. The van der Waals surface area contributed by atoms with Gasteiger partial charge in [0.15, 0.2) is 5.76 Å². The molecule has 1 aliphatic heterocycles. The second-order valence-electron chi connectivity index (χ2n) is 5.31. The first kappa shape index (κ1) is 12.9. The average molecular weight is 279 g/mol. The molecular weight excluding hydrogens is 260 g/mol. The lowest BCUT2D eigenvalue weighted by Gasteiger charge is -2.38. The second kappa shape index (κ2) is 5.46. The lowest BCUT2D eigenvalue weighted by atomic mass is 9.80. The van der Waals surface area contributed by atoms with Gasteiger partial charge in [-0.1, -0.05) is 49.6 Å². The van der Waals surface area contributed by atoms with Gasteiger partial charge < -0.3 is 9.47 Å². The Morgan fingerprint density at radius 3 is 2.47 bits per heavy atom. The highest BCUT2D eigenvalue weighted by atomic mass is 35.5. The lowest BCUT2D eigenvalue weighted by molar-refractivity contribution is -0.203. The molecule has 0 saturated heterocycles. The molecule has 2 nitrogen and oxygen atoms in total. The number of allylic oxidation sites excluding steroid dienone is 1. The number of ether oxygens (including phenoxy) is 2. The molecule has 1 unspecified atom stereocenters. The molecule has 0 spiro atoms. The first-order chi connectivity index (χ1) is 9.35. The first-order valence-electron chi connectivity index (χ1n) is 7.02. The van der Waals surface area contributed by atoms with Crippen LogP contribution in [0.2, 0.25) is 0 Å². The van der Waals surface area contributed by atoms with E-state index in [1.165, 1.54) is 19.3 Å². The van der Waals surface area contributed by atoms with Gasteiger partial charge in [0.1, 0.15) is 6.26 Å². The van der Waals surface area contributed by atoms with E-state index in [0.29, 0.717) is 11.8 Å². The van der Waals surface area contributed by atoms with Crippen LogP contribution in [0.4, 0.5) is 0 Å². The van der Waals surface area contributed by atoms with E-state index in [1.54, 1.807) is 6.26 Å². The Hall–Kier alpha value is -1.15. The largest absolute Gasteiger partial charge is 0.452 e. The molecule has 1 aromatic carbocycles. The summed E-state index contributed by atoms with van der Waals surface area (Å²) in [4.78, 5) is 0. The highest BCUT2D eigenvalue weighted by molar-refractivity contribution is 6.19. The van der Waals surface area contributed by atoms with Crippen molar-refractivity contribution >= 4 is 11.6 Å². The van der Waals surface area contributed by atoms with Gasteiger partial charge in [-0.15, -0.1) is 11.6 Å². The summed E-state index contributed by atoms with van der Waals surface area (Å²) in [7, 11) is 0. The van der Waals surface area contributed by atoms with Crippen molar-refractivity contribution in [2.45, 2.75) is 37.9 Å². The Bertz CT molecular complexity index is 451. The lowest BCUT2D eigenvalue weighted by Crippen LogP contribution is -2.38. The summed E-state index contributed by atoms with van der Waals surface area (Å²) in [6.07, 6.45) is 7.81. The van der Waals surface area contributed by atoms with Crippen molar-refractivity contribution in [1.29, 1.82) is 0 Å². The van der Waals surface area contributed by atoms with Crippen molar-refractivity contribution in [2.75, 3.05) is 5.88 Å². The number of hydrogen-bond acceptors (Lipinski definition) is 2. The molecule has 0 radical (unpaired) electrons. The van der Waals surface area contributed by atoms with Gasteiger partial charge in [0.25, 0.3) is 5.79 Å². The van der Waals surface area contributed by atoms with Crippen LogP contribution in [0.5, 0.6) is 0 Å². The van der Waals surface area contributed by atoms with Gasteiger partial charge >= 0.3 is 0 Å². The molecular formula is C16H19ClO2. The molecule has 1 heterocycles. The molecule has 3 heteroatoms. The van der Waals surface area contributed by atoms with Gasteiger partial charge in [-0.05, 0) is 12.8 Å². The topological polar surface area (TPSA) is 18.5 Å². The van der Waals surface area contributed by atoms with Crippen LogP contribution in [0.3, 0.4) is 0 Å². The molecule has 1 atom stereocenters. The molecule has 19 heavy (non-hydrogen) atoms. The molecule has 102 valence electrons. The zero-order valence-corrected chi connectivity index (χ0v) is 11.7. The number of rotatable bonds is 3. The zero-order chi connectivity index (χ0) is 13.1. The third kappa shape index (κ3) is 2.34. The van der Waals surface area contributed by atoms with Gasteiger partial charge in [-0.3, -0.25) is 0 Å². The van der Waals surface area contributed by atoms with Crippen molar-refractivity contribution in [2.24, 2.45) is 5.92 Å². The van der Waals surface area contributed by atoms with E-state index >= 15 is 0 Å². The Morgan fingerprint density at radius 1 is 1.11 bits per heavy atom. The summed E-state index contributed by atoms with van der Waals surface area (Å²) in [5.74, 6) is 0.851. The smallest absolute Gasteiger partial charge is 0.279 e. The molecule has 0 amide bonds. The van der Waals surface area contributed by atoms with E-state index in [9.17, 15) is 0 Å². The number of benzene rings is 1. The van der Waals surface area contributed by atoms with E-state index in [0.717, 1.165) is 24.2 Å². The number of alkyl halides is 1. The zero-order valence-electron chi connectivity index (χ0n) is 11.0. The van der Waals surface area contributed by atoms with Crippen molar-refractivity contribution < 1.29 is 9.47 Å². The Balaban J connectivity index is 1.92. The summed E-state index contributed by atoms with van der Waals surface area (Å²) in [6.45, 7) is 0. The van der Waals surface area contributed by atoms with Crippen LogP contribution >= 0.6 is 11.6 Å². The fourth-order valence-corrected chi connectivity index (χ4v) is 3.27. The second-order valence-corrected chi connectivity index (χ2v) is 5.57. The third-order valence-electron chi connectivity index (χ3n) is 4.10. The van der Waals surface area contributed by atoms with E-state index in [4.69, 9.17) is 21.1 Å². The van der Waals surface area contributed by atoms with Gasteiger partial charge in [0, 0.05) is 11.5 Å². The monoisotopic (exact) mass is 278 g/mol. The summed E-state index contributed by atoms with van der Waals surface area (Å²) >= 11 is 5.89. The van der Waals surface area contributed by atoms with Crippen LogP contribution in [0.1, 0.15) is 37.7 Å². The van der Waals surface area contributed by atoms with Crippen molar-refractivity contribution in [1.82, 2.24) is 0 Å². The van der Waals surface area contributed by atoms with Crippen LogP contribution < -0.4 is 0 Å². The maximum absolute atomic E-state index is 6.13. The molecule has 3 rings (SSSR count). The molecule has 0 aromatic heterocycles. The average Bonchev–Trinajstić information content (AvgIpc) is 2.95. The predicted molar refractivity (Wildman–Crippen MR) is 75.7 cm³/mol. The van der Waals surface area contributed by atoms with Crippen LogP contribution in [0.25, 0.3) is 0 Å². The summed E-state index contributed by atoms with van der Waals surface area (Å²) in [6, 6.07) is 10.2. The quantitative estimate of drug-likeness (QED) is 0.756. The van der Waals surface area contributed by atoms with Gasteiger partial charge in [0.05, 0.1) is 5.88 Å². The Kier molecular flexibility index (Phi) is 3.69. The molecule has 2 aliphatic rings. The summed E-state index contributed by atoms with van der Waals surface area (Å²) < 4.78 is 12.1. The summed E-state index contributed by atoms with van der Waals surface area (Å²) in [5, 5.41) is 0. The fraction of sp³-hybridized carbons (Fsp3) is 0.500. The minimum Gasteiger partial charge on any atom is -0.452 e. The molecule has 0 bridgehead atoms. The van der Waals surface area contributed by atoms with Crippen LogP contribution in [0.15, 0.2) is 42.4 Å². The molecule has 1 saturated carbocycles. The first-order valence-corrected chi connectivity index (χ1v) is 7.56. The van der Waals surface area contributed by atoms with Gasteiger partial charge in [0.2, 0.25) is 0 Å². The third-order valence-corrected chi connectivity index (χ3v) is 4.36. The Labute approximate surface area is 119 Å². The predicted octanol–water partition coefficient (Wildman–Crippen LogP) is 4.55.